The van der Waals surface area contributed by atoms with Crippen LogP contribution in [0.5, 0.6) is 0 Å². The van der Waals surface area contributed by atoms with E-state index >= 15 is 0 Å². The fourth-order valence-corrected chi connectivity index (χ4v) is 2.87. The second-order valence-electron chi connectivity index (χ2n) is 6.07. The zero-order chi connectivity index (χ0) is 20.1. The van der Waals surface area contributed by atoms with Crippen LogP contribution >= 0.6 is 23.2 Å². The monoisotopic (exact) mass is 419 g/mol. The molecule has 1 heterocycles. The van der Waals surface area contributed by atoms with Crippen LogP contribution in [0.4, 0.5) is 10.1 Å². The van der Waals surface area contributed by atoms with Crippen LogP contribution in [0.1, 0.15) is 12.8 Å². The summed E-state index contributed by atoms with van der Waals surface area (Å²) in [5.41, 5.74) is 1.54. The molecule has 5 nitrogen and oxygen atoms in total. The highest BCUT2D eigenvalue weighted by molar-refractivity contribution is 6.42. The highest BCUT2D eigenvalue weighted by Gasteiger charge is 2.07. The Morgan fingerprint density at radius 2 is 1.79 bits per heavy atom. The first-order chi connectivity index (χ1) is 13.4. The molecular weight excluding hydrogens is 404 g/mol. The molecule has 0 aliphatic carbocycles. The minimum atomic E-state index is -0.343. The fourth-order valence-electron chi connectivity index (χ4n) is 2.57. The van der Waals surface area contributed by atoms with Crippen LogP contribution in [0.3, 0.4) is 0 Å². The van der Waals surface area contributed by atoms with Crippen LogP contribution in [-0.2, 0) is 11.3 Å². The number of aryl methyl sites for hydroxylation is 1. The lowest BCUT2D eigenvalue weighted by Crippen LogP contribution is -2.23. The number of hydrogen-bond acceptors (Lipinski definition) is 3. The van der Waals surface area contributed by atoms with E-state index in [9.17, 15) is 14.0 Å². The number of nitrogens with zero attached hydrogens (tertiary/aromatic N) is 2. The molecule has 0 radical (unpaired) electrons. The van der Waals surface area contributed by atoms with Gasteiger partial charge in [0, 0.05) is 30.3 Å². The van der Waals surface area contributed by atoms with E-state index in [2.05, 4.69) is 10.4 Å². The van der Waals surface area contributed by atoms with Crippen LogP contribution < -0.4 is 10.9 Å². The predicted octanol–water partition coefficient (Wildman–Crippen LogP) is 4.78. The second-order valence-corrected chi connectivity index (χ2v) is 6.88. The number of rotatable bonds is 6. The number of nitrogens with one attached hydrogen (secondary N) is 1. The topological polar surface area (TPSA) is 64.0 Å². The fraction of sp³-hybridized carbons (Fsp3) is 0.150. The lowest BCUT2D eigenvalue weighted by Gasteiger charge is -2.08. The van der Waals surface area contributed by atoms with Gasteiger partial charge in [0.1, 0.15) is 5.82 Å². The van der Waals surface area contributed by atoms with Crippen molar-refractivity contribution in [2.45, 2.75) is 19.4 Å². The van der Waals surface area contributed by atoms with Crippen molar-refractivity contribution in [3.8, 4) is 11.3 Å². The molecule has 28 heavy (non-hydrogen) atoms. The first kappa shape index (κ1) is 20.0. The van der Waals surface area contributed by atoms with Gasteiger partial charge in [-0.25, -0.2) is 9.07 Å². The molecule has 0 unspecified atom stereocenters. The van der Waals surface area contributed by atoms with Crippen molar-refractivity contribution in [1.82, 2.24) is 9.78 Å². The molecule has 0 fully saturated rings. The molecule has 3 aromatic rings. The van der Waals surface area contributed by atoms with Crippen molar-refractivity contribution in [1.29, 1.82) is 0 Å². The van der Waals surface area contributed by atoms with Crippen LogP contribution in [0.25, 0.3) is 11.3 Å². The minimum absolute atomic E-state index is 0.204. The molecule has 0 bridgehead atoms. The van der Waals surface area contributed by atoms with E-state index in [1.165, 1.54) is 22.9 Å². The summed E-state index contributed by atoms with van der Waals surface area (Å²) in [7, 11) is 0. The lowest BCUT2D eigenvalue weighted by molar-refractivity contribution is -0.116. The van der Waals surface area contributed by atoms with Crippen LogP contribution in [0, 0.1) is 5.82 Å². The molecule has 1 aromatic heterocycles. The number of aromatic nitrogens is 2. The molecule has 0 saturated carbocycles. The molecule has 0 aliphatic heterocycles. The third-order valence-corrected chi connectivity index (χ3v) is 4.72. The van der Waals surface area contributed by atoms with Crippen LogP contribution in [0.15, 0.2) is 59.4 Å². The van der Waals surface area contributed by atoms with Gasteiger partial charge in [-0.2, -0.15) is 5.10 Å². The van der Waals surface area contributed by atoms with E-state index in [1.54, 1.807) is 36.4 Å². The van der Waals surface area contributed by atoms with E-state index in [0.717, 1.165) is 0 Å². The number of carbonyl (C=O) groups is 1. The number of benzene rings is 2. The van der Waals surface area contributed by atoms with Gasteiger partial charge in [0.25, 0.3) is 5.56 Å². The average molecular weight is 420 g/mol. The molecule has 0 atom stereocenters. The Morgan fingerprint density at radius 1 is 1.04 bits per heavy atom. The number of halogens is 3. The minimum Gasteiger partial charge on any atom is -0.326 e. The molecule has 8 heteroatoms. The Balaban J connectivity index is 1.60. The molecular formula is C20H16Cl2FN3O2. The van der Waals surface area contributed by atoms with Crippen molar-refractivity contribution in [3.05, 3.63) is 80.8 Å². The van der Waals surface area contributed by atoms with Gasteiger partial charge in [-0.15, -0.1) is 0 Å². The van der Waals surface area contributed by atoms with E-state index < -0.39 is 0 Å². The average Bonchev–Trinajstić information content (AvgIpc) is 2.67. The maximum Gasteiger partial charge on any atom is 0.266 e. The molecule has 144 valence electrons. The maximum atomic E-state index is 13.1. The van der Waals surface area contributed by atoms with E-state index in [0.29, 0.717) is 33.4 Å². The van der Waals surface area contributed by atoms with E-state index in [1.807, 2.05) is 0 Å². The normalized spacial score (nSPS) is 10.7. The third kappa shape index (κ3) is 5.18. The Hall–Kier alpha value is -2.70. The Morgan fingerprint density at radius 3 is 2.50 bits per heavy atom. The molecule has 2 aromatic carbocycles. The highest BCUT2D eigenvalue weighted by atomic mass is 35.5. The van der Waals surface area contributed by atoms with Crippen molar-refractivity contribution in [2.75, 3.05) is 5.32 Å². The number of amides is 1. The number of anilines is 1. The smallest absolute Gasteiger partial charge is 0.266 e. The van der Waals surface area contributed by atoms with E-state index in [-0.39, 0.29) is 30.2 Å². The van der Waals surface area contributed by atoms with Gasteiger partial charge in [-0.05, 0) is 55.0 Å². The summed E-state index contributed by atoms with van der Waals surface area (Å²) >= 11 is 11.8. The summed E-state index contributed by atoms with van der Waals surface area (Å²) in [6.45, 7) is 0.280. The molecule has 3 rings (SSSR count). The van der Waals surface area contributed by atoms with Crippen LogP contribution in [0.2, 0.25) is 10.0 Å². The molecule has 0 saturated heterocycles. The highest BCUT2D eigenvalue weighted by Crippen LogP contribution is 2.25. The molecule has 1 N–H and O–H groups in total. The zero-order valence-corrected chi connectivity index (χ0v) is 16.2. The van der Waals surface area contributed by atoms with Gasteiger partial charge in [-0.3, -0.25) is 9.59 Å². The Kier molecular flexibility index (Phi) is 6.44. The van der Waals surface area contributed by atoms with Crippen LogP contribution in [-0.4, -0.2) is 15.7 Å². The zero-order valence-electron chi connectivity index (χ0n) is 14.7. The summed E-state index contributed by atoms with van der Waals surface area (Å²) in [4.78, 5) is 24.1. The van der Waals surface area contributed by atoms with Crippen molar-refractivity contribution in [3.63, 3.8) is 0 Å². The SMILES string of the molecule is O=C(CCCn1nc(-c2ccc(F)cc2)ccc1=O)Nc1ccc(Cl)c(Cl)c1. The molecule has 1 amide bonds. The summed E-state index contributed by atoms with van der Waals surface area (Å²) in [6.07, 6.45) is 0.627. The second kappa shape index (κ2) is 8.99. The number of hydrogen-bond donors (Lipinski definition) is 1. The first-order valence-corrected chi connectivity index (χ1v) is 9.27. The molecule has 0 spiro atoms. The van der Waals surface area contributed by atoms with Gasteiger partial charge in [0.2, 0.25) is 5.91 Å². The van der Waals surface area contributed by atoms with Crippen molar-refractivity contribution >= 4 is 34.8 Å². The third-order valence-electron chi connectivity index (χ3n) is 3.98. The van der Waals surface area contributed by atoms with Gasteiger partial charge in [0.05, 0.1) is 15.7 Å². The van der Waals surface area contributed by atoms with Crippen molar-refractivity contribution in [2.24, 2.45) is 0 Å². The summed E-state index contributed by atoms with van der Waals surface area (Å²) < 4.78 is 14.4. The van der Waals surface area contributed by atoms with Gasteiger partial charge in [-0.1, -0.05) is 23.2 Å². The van der Waals surface area contributed by atoms with Crippen molar-refractivity contribution < 1.29 is 9.18 Å². The molecule has 0 aliphatic rings. The lowest BCUT2D eigenvalue weighted by atomic mass is 10.1. The summed E-state index contributed by atoms with van der Waals surface area (Å²) in [6, 6.07) is 13.7. The van der Waals surface area contributed by atoms with E-state index in [4.69, 9.17) is 23.2 Å². The van der Waals surface area contributed by atoms with Gasteiger partial charge in [0.15, 0.2) is 0 Å². The quantitative estimate of drug-likeness (QED) is 0.625. The summed E-state index contributed by atoms with van der Waals surface area (Å²) in [5.74, 6) is -0.550. The van der Waals surface area contributed by atoms with Gasteiger partial charge >= 0.3 is 0 Å². The maximum absolute atomic E-state index is 13.1. The first-order valence-electron chi connectivity index (χ1n) is 8.51. The Bertz CT molecular complexity index is 1050. The number of carbonyl (C=O) groups excluding carboxylic acids is 1. The Labute approximate surface area is 170 Å². The van der Waals surface area contributed by atoms with Gasteiger partial charge < -0.3 is 5.32 Å². The predicted molar refractivity (Wildman–Crippen MR) is 108 cm³/mol. The largest absolute Gasteiger partial charge is 0.326 e. The summed E-state index contributed by atoms with van der Waals surface area (Å²) in [5, 5.41) is 7.78. The standard InChI is InChI=1S/C20H16Cl2FN3O2/c21-16-8-7-15(12-17(16)22)24-19(27)2-1-11-26-20(28)10-9-18(25-26)13-3-5-14(23)6-4-13/h3-10,12H,1-2,11H2,(H,24,27).